The van der Waals surface area contributed by atoms with Gasteiger partial charge in [0.25, 0.3) is 0 Å². The quantitative estimate of drug-likeness (QED) is 0.402. The Bertz CT molecular complexity index is 992. The number of aromatic nitrogens is 2. The van der Waals surface area contributed by atoms with Crippen LogP contribution in [0.5, 0.6) is 5.75 Å². The van der Waals surface area contributed by atoms with Gasteiger partial charge in [-0.1, -0.05) is 6.42 Å². The van der Waals surface area contributed by atoms with Crippen LogP contribution in [-0.2, 0) is 4.79 Å². The molecule has 2 aromatic rings. The van der Waals surface area contributed by atoms with E-state index in [-0.39, 0.29) is 36.7 Å². The SMILES string of the molecule is CC(C)NC(=O)[C@H]1CCC[C@H]1Nc1nc(Nc2ccc(O[C@@H]3CCN(CCF)C3)cc2)ncc1Br. The molecule has 1 aliphatic carbocycles. The minimum absolute atomic E-state index is 0.0284. The number of likely N-dealkylation sites (tertiary alicyclic amines) is 1. The van der Waals surface area contributed by atoms with Gasteiger partial charge in [-0.2, -0.15) is 4.98 Å². The van der Waals surface area contributed by atoms with E-state index >= 15 is 0 Å². The standard InChI is InChI=1S/C25H34BrFN6O2/c1-16(2)29-24(34)20-4-3-5-22(20)31-23-21(26)14-28-25(32-23)30-17-6-8-18(9-7-17)35-19-10-12-33(15-19)13-11-27/h6-9,14,16,19-20,22H,3-5,10-13,15H2,1-2H3,(H,29,34)(H2,28,30,31,32)/t19-,20+,22-/m1/s1. The van der Waals surface area contributed by atoms with E-state index in [0.717, 1.165) is 54.7 Å². The number of nitrogens with one attached hydrogen (secondary N) is 3. The summed E-state index contributed by atoms with van der Waals surface area (Å²) in [6.07, 6.45) is 5.49. The lowest BCUT2D eigenvalue weighted by atomic mass is 10.0. The first-order valence-electron chi connectivity index (χ1n) is 12.3. The van der Waals surface area contributed by atoms with Gasteiger partial charge in [-0.05, 0) is 73.3 Å². The molecular formula is C25H34BrFN6O2. The maximum atomic E-state index is 12.6. The molecule has 3 atom stereocenters. The van der Waals surface area contributed by atoms with Gasteiger partial charge in [-0.25, -0.2) is 9.37 Å². The summed E-state index contributed by atoms with van der Waals surface area (Å²) in [5.41, 5.74) is 0.839. The van der Waals surface area contributed by atoms with Crippen molar-refractivity contribution in [2.75, 3.05) is 36.9 Å². The van der Waals surface area contributed by atoms with Crippen LogP contribution >= 0.6 is 15.9 Å². The van der Waals surface area contributed by atoms with Crippen molar-refractivity contribution in [1.82, 2.24) is 20.2 Å². The molecule has 0 unspecified atom stereocenters. The fraction of sp³-hybridized carbons (Fsp3) is 0.560. The molecule has 0 radical (unpaired) electrons. The Balaban J connectivity index is 1.35. The summed E-state index contributed by atoms with van der Waals surface area (Å²) in [6, 6.07) is 7.82. The van der Waals surface area contributed by atoms with Crippen molar-refractivity contribution in [2.45, 2.75) is 57.7 Å². The molecule has 1 aromatic carbocycles. The first-order valence-corrected chi connectivity index (χ1v) is 13.1. The van der Waals surface area contributed by atoms with Crippen LogP contribution in [0, 0.1) is 5.92 Å². The molecule has 4 rings (SSSR count). The number of ether oxygens (including phenoxy) is 1. The predicted molar refractivity (Wildman–Crippen MR) is 139 cm³/mol. The zero-order chi connectivity index (χ0) is 24.8. The van der Waals surface area contributed by atoms with Crippen molar-refractivity contribution in [1.29, 1.82) is 0 Å². The van der Waals surface area contributed by atoms with E-state index in [2.05, 4.69) is 46.7 Å². The molecule has 1 aromatic heterocycles. The summed E-state index contributed by atoms with van der Waals surface area (Å²) in [4.78, 5) is 23.7. The highest BCUT2D eigenvalue weighted by molar-refractivity contribution is 9.10. The van der Waals surface area contributed by atoms with E-state index in [1.807, 2.05) is 38.1 Å². The van der Waals surface area contributed by atoms with Crippen molar-refractivity contribution in [2.24, 2.45) is 5.92 Å². The maximum absolute atomic E-state index is 12.6. The molecule has 1 amide bonds. The summed E-state index contributed by atoms with van der Waals surface area (Å²) < 4.78 is 19.3. The van der Waals surface area contributed by atoms with Crippen LogP contribution in [0.25, 0.3) is 0 Å². The number of hydrogen-bond acceptors (Lipinski definition) is 7. The predicted octanol–water partition coefficient (Wildman–Crippen LogP) is 4.51. The molecule has 10 heteroatoms. The lowest BCUT2D eigenvalue weighted by Crippen LogP contribution is -2.41. The molecule has 190 valence electrons. The molecule has 3 N–H and O–H groups in total. The molecule has 1 saturated heterocycles. The summed E-state index contributed by atoms with van der Waals surface area (Å²) in [6.45, 7) is 5.73. The Hall–Kier alpha value is -2.46. The fourth-order valence-electron chi connectivity index (χ4n) is 4.70. The van der Waals surface area contributed by atoms with Gasteiger partial charge in [-0.3, -0.25) is 9.69 Å². The monoisotopic (exact) mass is 548 g/mol. The van der Waals surface area contributed by atoms with Gasteiger partial charge in [0, 0.05) is 43.6 Å². The molecule has 2 aliphatic rings. The first kappa shape index (κ1) is 25.6. The maximum Gasteiger partial charge on any atom is 0.229 e. The topological polar surface area (TPSA) is 91.4 Å². The Morgan fingerprint density at radius 1 is 1.26 bits per heavy atom. The smallest absolute Gasteiger partial charge is 0.229 e. The summed E-state index contributed by atoms with van der Waals surface area (Å²) in [5, 5.41) is 9.72. The van der Waals surface area contributed by atoms with E-state index in [1.165, 1.54) is 0 Å². The van der Waals surface area contributed by atoms with Crippen LogP contribution in [-0.4, -0.2) is 65.3 Å². The van der Waals surface area contributed by atoms with Crippen LogP contribution < -0.4 is 20.7 Å². The van der Waals surface area contributed by atoms with Crippen molar-refractivity contribution in [3.63, 3.8) is 0 Å². The number of halogens is 2. The number of alkyl halides is 1. The summed E-state index contributed by atoms with van der Waals surface area (Å²) in [5.74, 6) is 1.92. The number of carbonyl (C=O) groups excluding carboxylic acids is 1. The second kappa shape index (κ2) is 12.0. The summed E-state index contributed by atoms with van der Waals surface area (Å²) in [7, 11) is 0. The highest BCUT2D eigenvalue weighted by Crippen LogP contribution is 2.31. The Labute approximate surface area is 214 Å². The second-order valence-electron chi connectivity index (χ2n) is 9.51. The Kier molecular flexibility index (Phi) is 8.78. The van der Waals surface area contributed by atoms with Crippen LogP contribution in [0.1, 0.15) is 39.5 Å². The molecule has 2 heterocycles. The van der Waals surface area contributed by atoms with Crippen molar-refractivity contribution < 1.29 is 13.9 Å². The third kappa shape index (κ3) is 7.04. The first-order chi connectivity index (χ1) is 16.9. The van der Waals surface area contributed by atoms with E-state index in [1.54, 1.807) is 6.20 Å². The minimum atomic E-state index is -0.322. The van der Waals surface area contributed by atoms with Crippen LogP contribution in [0.15, 0.2) is 34.9 Å². The number of carbonyl (C=O) groups is 1. The summed E-state index contributed by atoms with van der Waals surface area (Å²) >= 11 is 3.53. The highest BCUT2D eigenvalue weighted by atomic mass is 79.9. The van der Waals surface area contributed by atoms with Gasteiger partial charge < -0.3 is 20.7 Å². The van der Waals surface area contributed by atoms with Gasteiger partial charge in [0.05, 0.1) is 10.4 Å². The van der Waals surface area contributed by atoms with Gasteiger partial charge in [-0.15, -0.1) is 0 Å². The molecule has 0 spiro atoms. The molecule has 8 nitrogen and oxygen atoms in total. The van der Waals surface area contributed by atoms with E-state index in [9.17, 15) is 9.18 Å². The molecule has 1 saturated carbocycles. The van der Waals surface area contributed by atoms with Crippen molar-refractivity contribution in [3.8, 4) is 5.75 Å². The van der Waals surface area contributed by atoms with Crippen LogP contribution in [0.4, 0.5) is 21.8 Å². The second-order valence-corrected chi connectivity index (χ2v) is 10.4. The number of anilines is 3. The third-order valence-corrected chi connectivity index (χ3v) is 6.97. The largest absolute Gasteiger partial charge is 0.489 e. The average Bonchev–Trinajstić information content (AvgIpc) is 3.47. The van der Waals surface area contributed by atoms with Gasteiger partial charge >= 0.3 is 0 Å². The molecule has 1 aliphatic heterocycles. The number of amides is 1. The Morgan fingerprint density at radius 2 is 2.06 bits per heavy atom. The Morgan fingerprint density at radius 3 is 2.80 bits per heavy atom. The lowest BCUT2D eigenvalue weighted by Gasteiger charge is -2.22. The molecule has 2 fully saturated rings. The van der Waals surface area contributed by atoms with Gasteiger partial charge in [0.2, 0.25) is 11.9 Å². The average molecular weight is 549 g/mol. The minimum Gasteiger partial charge on any atom is -0.489 e. The number of hydrogen-bond donors (Lipinski definition) is 3. The number of nitrogens with zero attached hydrogens (tertiary/aromatic N) is 3. The lowest BCUT2D eigenvalue weighted by molar-refractivity contribution is -0.125. The number of benzene rings is 1. The van der Waals surface area contributed by atoms with Crippen LogP contribution in [0.3, 0.4) is 0 Å². The van der Waals surface area contributed by atoms with E-state index in [4.69, 9.17) is 4.74 Å². The molecular weight excluding hydrogens is 515 g/mol. The van der Waals surface area contributed by atoms with E-state index < -0.39 is 0 Å². The zero-order valence-corrected chi connectivity index (χ0v) is 21.9. The number of rotatable bonds is 10. The van der Waals surface area contributed by atoms with Gasteiger partial charge in [0.1, 0.15) is 24.3 Å². The van der Waals surface area contributed by atoms with E-state index in [0.29, 0.717) is 18.3 Å². The highest BCUT2D eigenvalue weighted by Gasteiger charge is 2.33. The van der Waals surface area contributed by atoms with Crippen molar-refractivity contribution >= 4 is 39.3 Å². The zero-order valence-electron chi connectivity index (χ0n) is 20.3. The molecule has 35 heavy (non-hydrogen) atoms. The van der Waals surface area contributed by atoms with Gasteiger partial charge in [0.15, 0.2) is 0 Å². The normalized spacial score (nSPS) is 22.4. The third-order valence-electron chi connectivity index (χ3n) is 6.39. The molecule has 0 bridgehead atoms. The van der Waals surface area contributed by atoms with Crippen molar-refractivity contribution in [3.05, 3.63) is 34.9 Å². The fourth-order valence-corrected chi connectivity index (χ4v) is 5.00. The van der Waals surface area contributed by atoms with Crippen LogP contribution in [0.2, 0.25) is 0 Å².